The van der Waals surface area contributed by atoms with Gasteiger partial charge in [-0.15, -0.1) is 11.8 Å². The van der Waals surface area contributed by atoms with Crippen LogP contribution in [0.3, 0.4) is 0 Å². The number of nitrogens with one attached hydrogen (secondary N) is 1. The van der Waals surface area contributed by atoms with Crippen molar-refractivity contribution in [2.75, 3.05) is 11.5 Å². The number of fused-ring (bicyclic) bond motifs is 1. The van der Waals surface area contributed by atoms with Gasteiger partial charge in [0.2, 0.25) is 0 Å². The Labute approximate surface area is 116 Å². The number of rotatable bonds is 5. The first-order valence-corrected chi connectivity index (χ1v) is 8.26. The second kappa shape index (κ2) is 5.36. The average Bonchev–Trinajstić information content (AvgIpc) is 2.58. The Bertz CT molecular complexity index is 651. The van der Waals surface area contributed by atoms with Gasteiger partial charge in [0.05, 0.1) is 17.2 Å². The molecule has 2 rings (SSSR count). The first kappa shape index (κ1) is 14.1. The van der Waals surface area contributed by atoms with E-state index >= 15 is 0 Å². The molecular formula is C12H14N2O3S2. The van der Waals surface area contributed by atoms with Crippen molar-refractivity contribution in [2.45, 2.75) is 6.42 Å². The lowest BCUT2D eigenvalue weighted by Gasteiger charge is -2.04. The first-order valence-electron chi connectivity index (χ1n) is 5.66. The molecule has 4 N–H and O–H groups in total. The van der Waals surface area contributed by atoms with E-state index in [-0.39, 0.29) is 5.75 Å². The van der Waals surface area contributed by atoms with Crippen LogP contribution in [0.15, 0.2) is 30.0 Å². The van der Waals surface area contributed by atoms with E-state index in [2.05, 4.69) is 0 Å². The van der Waals surface area contributed by atoms with Crippen molar-refractivity contribution in [3.8, 4) is 0 Å². The van der Waals surface area contributed by atoms with Crippen LogP contribution in [-0.2, 0) is 10.1 Å². The minimum absolute atomic E-state index is 0.258. The summed E-state index contributed by atoms with van der Waals surface area (Å²) in [6.45, 7) is 0. The molecule has 1 aromatic carbocycles. The maximum absolute atomic E-state index is 10.6. The van der Waals surface area contributed by atoms with Gasteiger partial charge in [0, 0.05) is 10.5 Å². The molecule has 102 valence electrons. The number of benzene rings is 1. The fraction of sp³-hybridized carbons (Fsp3) is 0.250. The maximum Gasteiger partial charge on any atom is 0.264 e. The molecular weight excluding hydrogens is 284 g/mol. The molecule has 1 aliphatic carbocycles. The Morgan fingerprint density at radius 3 is 2.53 bits per heavy atom. The zero-order chi connectivity index (χ0) is 14.0. The van der Waals surface area contributed by atoms with E-state index in [0.29, 0.717) is 23.6 Å². The van der Waals surface area contributed by atoms with Gasteiger partial charge in [-0.1, -0.05) is 24.3 Å². The lowest BCUT2D eigenvalue weighted by Crippen LogP contribution is -2.07. The highest BCUT2D eigenvalue weighted by Gasteiger charge is 2.24. The molecule has 0 spiro atoms. The van der Waals surface area contributed by atoms with E-state index < -0.39 is 10.1 Å². The minimum atomic E-state index is -3.91. The van der Waals surface area contributed by atoms with E-state index in [4.69, 9.17) is 15.7 Å². The quantitative estimate of drug-likeness (QED) is 0.567. The van der Waals surface area contributed by atoms with Gasteiger partial charge >= 0.3 is 0 Å². The maximum atomic E-state index is 10.6. The van der Waals surface area contributed by atoms with E-state index in [1.165, 1.54) is 11.8 Å². The molecule has 0 aliphatic heterocycles. The molecule has 0 saturated carbocycles. The van der Waals surface area contributed by atoms with Crippen LogP contribution in [0.1, 0.15) is 17.5 Å². The van der Waals surface area contributed by atoms with Gasteiger partial charge in [-0.2, -0.15) is 8.42 Å². The number of hydrogen-bond donors (Lipinski definition) is 3. The molecule has 0 amide bonds. The van der Waals surface area contributed by atoms with Crippen LogP contribution in [0.25, 0.3) is 4.91 Å². The predicted octanol–water partition coefficient (Wildman–Crippen LogP) is 1.71. The summed E-state index contributed by atoms with van der Waals surface area (Å²) < 4.78 is 29.9. The lowest BCUT2D eigenvalue weighted by atomic mass is 10.1. The largest absolute Gasteiger partial charge is 0.396 e. The summed E-state index contributed by atoms with van der Waals surface area (Å²) in [4.78, 5) is 0.816. The first-order chi connectivity index (χ1) is 8.90. The van der Waals surface area contributed by atoms with E-state index in [0.717, 1.165) is 16.0 Å². The van der Waals surface area contributed by atoms with Crippen LogP contribution in [0.5, 0.6) is 0 Å². The fourth-order valence-corrected chi connectivity index (χ4v) is 3.65. The smallest absolute Gasteiger partial charge is 0.264 e. The van der Waals surface area contributed by atoms with Gasteiger partial charge in [0.15, 0.2) is 0 Å². The second-order valence-electron chi connectivity index (χ2n) is 4.15. The third-order valence-electron chi connectivity index (χ3n) is 2.75. The van der Waals surface area contributed by atoms with E-state index in [1.54, 1.807) is 0 Å². The van der Waals surface area contributed by atoms with Crippen molar-refractivity contribution >= 4 is 32.5 Å². The van der Waals surface area contributed by atoms with Crippen LogP contribution in [-0.4, -0.2) is 30.2 Å². The van der Waals surface area contributed by atoms with E-state index in [9.17, 15) is 8.42 Å². The molecule has 0 saturated heterocycles. The number of hydrogen-bond acceptors (Lipinski definition) is 5. The monoisotopic (exact) mass is 298 g/mol. The highest BCUT2D eigenvalue weighted by atomic mass is 32.2. The predicted molar refractivity (Wildman–Crippen MR) is 77.9 cm³/mol. The van der Waals surface area contributed by atoms with Crippen LogP contribution in [0.2, 0.25) is 0 Å². The number of allylic oxidation sites excluding steroid dienone is 1. The Hall–Kier alpha value is -1.31. The van der Waals surface area contributed by atoms with Crippen molar-refractivity contribution in [3.05, 3.63) is 41.1 Å². The molecule has 0 atom stereocenters. The van der Waals surface area contributed by atoms with Crippen molar-refractivity contribution < 1.29 is 13.0 Å². The normalized spacial score (nSPS) is 14.9. The summed E-state index contributed by atoms with van der Waals surface area (Å²) in [5.74, 6) is 0.268. The fourth-order valence-electron chi connectivity index (χ4n) is 1.87. The van der Waals surface area contributed by atoms with Gasteiger partial charge in [-0.3, -0.25) is 9.96 Å². The molecule has 0 heterocycles. The SMILES string of the molecule is N=C1C(N)=C(SCCCS(=O)(=O)O)c2ccccc21. The van der Waals surface area contributed by atoms with Crippen LogP contribution in [0.4, 0.5) is 0 Å². The van der Waals surface area contributed by atoms with Gasteiger partial charge in [-0.25, -0.2) is 0 Å². The minimum Gasteiger partial charge on any atom is -0.396 e. The topological polar surface area (TPSA) is 104 Å². The molecule has 0 unspecified atom stereocenters. The zero-order valence-corrected chi connectivity index (χ0v) is 11.7. The lowest BCUT2D eigenvalue weighted by molar-refractivity contribution is 0.482. The van der Waals surface area contributed by atoms with Gasteiger partial charge in [0.1, 0.15) is 0 Å². The molecule has 7 heteroatoms. The van der Waals surface area contributed by atoms with Gasteiger partial charge < -0.3 is 5.73 Å². The standard InChI is InChI=1S/C12H14N2O3S2/c13-10-8-4-1-2-5-9(8)12(11(10)14)18-6-3-7-19(15,16)17/h1-2,4-5H,3,6-7H2,(H3,13,14)(H,15,16,17). The summed E-state index contributed by atoms with van der Waals surface area (Å²) in [7, 11) is -3.91. The zero-order valence-electron chi connectivity index (χ0n) is 10.1. The van der Waals surface area contributed by atoms with Crippen molar-refractivity contribution in [1.82, 2.24) is 0 Å². The molecule has 19 heavy (non-hydrogen) atoms. The molecule has 1 aromatic rings. The average molecular weight is 298 g/mol. The van der Waals surface area contributed by atoms with E-state index in [1.807, 2.05) is 24.3 Å². The second-order valence-corrected chi connectivity index (χ2v) is 6.83. The summed E-state index contributed by atoms with van der Waals surface area (Å²) >= 11 is 1.42. The third kappa shape index (κ3) is 3.17. The molecule has 0 radical (unpaired) electrons. The Kier molecular flexibility index (Phi) is 3.98. The van der Waals surface area contributed by atoms with Crippen LogP contribution < -0.4 is 5.73 Å². The van der Waals surface area contributed by atoms with Crippen LogP contribution >= 0.6 is 11.8 Å². The van der Waals surface area contributed by atoms with Gasteiger partial charge in [0.25, 0.3) is 10.1 Å². The number of nitrogens with two attached hydrogens (primary N) is 1. The third-order valence-corrected chi connectivity index (χ3v) is 4.77. The molecule has 1 aliphatic rings. The van der Waals surface area contributed by atoms with Crippen molar-refractivity contribution in [3.63, 3.8) is 0 Å². The summed E-state index contributed by atoms with van der Waals surface area (Å²) in [6, 6.07) is 7.47. The van der Waals surface area contributed by atoms with Crippen LogP contribution in [0, 0.1) is 5.41 Å². The Morgan fingerprint density at radius 2 is 1.89 bits per heavy atom. The number of thioether (sulfide) groups is 1. The van der Waals surface area contributed by atoms with Crippen molar-refractivity contribution in [1.29, 1.82) is 5.41 Å². The van der Waals surface area contributed by atoms with Gasteiger partial charge in [-0.05, 0) is 17.7 Å². The summed E-state index contributed by atoms with van der Waals surface area (Å²) in [5, 5.41) is 7.91. The highest BCUT2D eigenvalue weighted by molar-refractivity contribution is 8.08. The molecule has 0 bridgehead atoms. The van der Waals surface area contributed by atoms with Crippen molar-refractivity contribution in [2.24, 2.45) is 5.73 Å². The molecule has 0 fully saturated rings. The Morgan fingerprint density at radius 1 is 1.26 bits per heavy atom. The highest BCUT2D eigenvalue weighted by Crippen LogP contribution is 2.38. The summed E-state index contributed by atoms with van der Waals surface area (Å²) in [5.41, 5.74) is 8.37. The Balaban J connectivity index is 2.07. The summed E-state index contributed by atoms with van der Waals surface area (Å²) in [6.07, 6.45) is 0.343. The molecule has 5 nitrogen and oxygen atoms in total. The molecule has 0 aromatic heterocycles.